The molecule has 0 bridgehead atoms. The summed E-state index contributed by atoms with van der Waals surface area (Å²) in [5.41, 5.74) is 3.68. The number of amides is 1. The van der Waals surface area contributed by atoms with Gasteiger partial charge in [0, 0.05) is 47.4 Å². The fourth-order valence-electron chi connectivity index (χ4n) is 5.15. The normalized spacial score (nSPS) is 11.7. The maximum Gasteiger partial charge on any atom is 0.255 e. The van der Waals surface area contributed by atoms with E-state index in [0.29, 0.717) is 44.7 Å². The quantitative estimate of drug-likeness (QED) is 0.174. The number of rotatable bonds is 8. The maximum atomic E-state index is 16.3. The Kier molecular flexibility index (Phi) is 7.46. The van der Waals surface area contributed by atoms with Gasteiger partial charge in [0.2, 0.25) is 10.0 Å². The van der Waals surface area contributed by atoms with Crippen molar-refractivity contribution in [1.29, 1.82) is 0 Å². The molecular formula is C32H23F2N9O3S. The second-order valence-corrected chi connectivity index (χ2v) is 12.5. The third-order valence-corrected chi connectivity index (χ3v) is 7.95. The first kappa shape index (κ1) is 29.8. The van der Waals surface area contributed by atoms with Crippen LogP contribution in [0.2, 0.25) is 0 Å². The van der Waals surface area contributed by atoms with Crippen LogP contribution in [0.1, 0.15) is 15.9 Å². The van der Waals surface area contributed by atoms with Crippen molar-refractivity contribution in [3.05, 3.63) is 108 Å². The largest absolute Gasteiger partial charge is 0.321 e. The van der Waals surface area contributed by atoms with E-state index in [1.807, 2.05) is 0 Å². The number of hydrogen-bond acceptors (Lipinski definition) is 8. The molecule has 0 fully saturated rings. The van der Waals surface area contributed by atoms with Crippen molar-refractivity contribution >= 4 is 43.8 Å². The number of nitrogens with one attached hydrogen (secondary N) is 4. The number of hydrogen-bond donors (Lipinski definition) is 4. The molecule has 2 aromatic carbocycles. The predicted molar refractivity (Wildman–Crippen MR) is 171 cm³/mol. The number of nitrogens with zero attached hydrogens (tertiary/aromatic N) is 5. The van der Waals surface area contributed by atoms with E-state index in [0.717, 1.165) is 6.26 Å². The summed E-state index contributed by atoms with van der Waals surface area (Å²) in [6.45, 7) is -0.102. The van der Waals surface area contributed by atoms with E-state index in [-0.39, 0.29) is 40.6 Å². The Balaban J connectivity index is 1.25. The summed E-state index contributed by atoms with van der Waals surface area (Å²) in [5.74, 6) is -1.37. The fourth-order valence-corrected chi connectivity index (χ4v) is 5.58. The van der Waals surface area contributed by atoms with Crippen molar-refractivity contribution in [1.82, 2.24) is 39.8 Å². The molecule has 0 radical (unpaired) electrons. The van der Waals surface area contributed by atoms with Crippen molar-refractivity contribution in [3.8, 4) is 33.8 Å². The Morgan fingerprint density at radius 1 is 0.915 bits per heavy atom. The van der Waals surface area contributed by atoms with E-state index in [4.69, 9.17) is 0 Å². The predicted octanol–water partition coefficient (Wildman–Crippen LogP) is 5.20. The van der Waals surface area contributed by atoms with E-state index in [9.17, 15) is 17.6 Å². The Morgan fingerprint density at radius 2 is 1.74 bits per heavy atom. The zero-order chi connectivity index (χ0) is 32.7. The van der Waals surface area contributed by atoms with Crippen LogP contribution in [0.4, 0.5) is 14.5 Å². The smallest absolute Gasteiger partial charge is 0.255 e. The van der Waals surface area contributed by atoms with Crippen molar-refractivity contribution in [3.63, 3.8) is 0 Å². The molecule has 7 rings (SSSR count). The molecule has 234 valence electrons. The molecule has 15 heteroatoms. The van der Waals surface area contributed by atoms with Crippen molar-refractivity contribution < 1.29 is 22.0 Å². The van der Waals surface area contributed by atoms with E-state index in [1.165, 1.54) is 36.9 Å². The first-order valence-electron chi connectivity index (χ1n) is 14.1. The molecule has 5 aromatic heterocycles. The number of H-pyrrole nitrogens is 2. The van der Waals surface area contributed by atoms with Crippen LogP contribution in [0.25, 0.3) is 56.0 Å². The van der Waals surface area contributed by atoms with Gasteiger partial charge in [-0.25, -0.2) is 36.9 Å². The number of anilines is 1. The molecule has 0 unspecified atom stereocenters. The summed E-state index contributed by atoms with van der Waals surface area (Å²) in [5, 5.41) is 9.84. The van der Waals surface area contributed by atoms with Crippen LogP contribution in [-0.4, -0.2) is 55.7 Å². The first-order valence-corrected chi connectivity index (χ1v) is 16.0. The van der Waals surface area contributed by atoms with Crippen LogP contribution in [0.5, 0.6) is 0 Å². The average molecular weight is 652 g/mol. The molecule has 0 saturated carbocycles. The highest BCUT2D eigenvalue weighted by atomic mass is 32.2. The van der Waals surface area contributed by atoms with Gasteiger partial charge in [-0.05, 0) is 53.6 Å². The summed E-state index contributed by atoms with van der Waals surface area (Å²) in [4.78, 5) is 33.3. The monoisotopic (exact) mass is 651 g/mol. The molecule has 0 aliphatic carbocycles. The third-order valence-electron chi connectivity index (χ3n) is 7.29. The van der Waals surface area contributed by atoms with E-state index in [2.05, 4.69) is 45.2 Å². The lowest BCUT2D eigenvalue weighted by molar-refractivity contribution is 0.102. The molecular weight excluding hydrogens is 628 g/mol. The molecule has 4 N–H and O–H groups in total. The van der Waals surface area contributed by atoms with Gasteiger partial charge in [0.25, 0.3) is 5.91 Å². The Morgan fingerprint density at radius 3 is 2.55 bits per heavy atom. The van der Waals surface area contributed by atoms with Gasteiger partial charge in [-0.1, -0.05) is 18.2 Å². The molecule has 12 nitrogen and oxygen atoms in total. The molecule has 1 amide bonds. The summed E-state index contributed by atoms with van der Waals surface area (Å²) >= 11 is 0. The zero-order valence-electron chi connectivity index (χ0n) is 24.4. The van der Waals surface area contributed by atoms with Crippen LogP contribution in [0, 0.1) is 11.6 Å². The molecule has 7 aromatic rings. The topological polar surface area (TPSA) is 171 Å². The average Bonchev–Trinajstić information content (AvgIpc) is 3.69. The lowest BCUT2D eigenvalue weighted by atomic mass is 10.0. The third kappa shape index (κ3) is 6.04. The van der Waals surface area contributed by atoms with Gasteiger partial charge < -0.3 is 10.3 Å². The number of pyridine rings is 3. The Bertz CT molecular complexity index is 2430. The van der Waals surface area contributed by atoms with E-state index >= 15 is 4.39 Å². The Labute approximate surface area is 265 Å². The molecule has 0 saturated heterocycles. The van der Waals surface area contributed by atoms with E-state index < -0.39 is 21.7 Å². The molecule has 0 spiro atoms. The van der Waals surface area contributed by atoms with Gasteiger partial charge in [0.15, 0.2) is 17.1 Å². The molecule has 0 atom stereocenters. The minimum atomic E-state index is -3.49. The molecule has 0 aliphatic rings. The summed E-state index contributed by atoms with van der Waals surface area (Å²) in [6, 6.07) is 16.1. The summed E-state index contributed by atoms with van der Waals surface area (Å²) in [6.07, 6.45) is 6.79. The highest BCUT2D eigenvalue weighted by molar-refractivity contribution is 7.88. The number of imidazole rings is 1. The van der Waals surface area contributed by atoms with Crippen molar-refractivity contribution in [2.24, 2.45) is 0 Å². The minimum absolute atomic E-state index is 0.0571. The Hall–Kier alpha value is -5.93. The number of carbonyl (C=O) groups excluding carboxylic acids is 1. The maximum absolute atomic E-state index is 16.3. The van der Waals surface area contributed by atoms with E-state index in [1.54, 1.807) is 48.5 Å². The summed E-state index contributed by atoms with van der Waals surface area (Å²) < 4.78 is 56.4. The van der Waals surface area contributed by atoms with Crippen LogP contribution in [0.15, 0.2) is 85.5 Å². The standard InChI is InChI=1S/C32H23F2N9O3S/c1-47(45,46)38-13-17-9-19(11-21(33)10-17)23-7-8-36-30-27(23)40-31(41-30)28-25-26(34)24(16-37-29(25)43-42-28)20-12-22(15-35-14-20)39-32(44)18-5-3-2-4-6-18/h2-12,14-16,38H,13H2,1H3,(H,39,44)(H,36,40,41)(H,37,42,43). The van der Waals surface area contributed by atoms with Crippen molar-refractivity contribution in [2.45, 2.75) is 6.54 Å². The van der Waals surface area contributed by atoms with Crippen LogP contribution < -0.4 is 10.0 Å². The number of aromatic nitrogens is 7. The van der Waals surface area contributed by atoms with Gasteiger partial charge in [-0.3, -0.25) is 14.9 Å². The molecule has 5 heterocycles. The summed E-state index contributed by atoms with van der Waals surface area (Å²) in [7, 11) is -3.49. The SMILES string of the molecule is CS(=O)(=O)NCc1cc(F)cc(-c2ccnc3[nH]c(-c4n[nH]c5ncc(-c6cncc(NC(=O)c7ccccc7)c6)c(F)c45)nc23)c1. The van der Waals surface area contributed by atoms with Gasteiger partial charge >= 0.3 is 0 Å². The first-order chi connectivity index (χ1) is 22.6. The van der Waals surface area contributed by atoms with Gasteiger partial charge in [0.05, 0.1) is 23.5 Å². The lowest BCUT2D eigenvalue weighted by Crippen LogP contribution is -2.21. The van der Waals surface area contributed by atoms with Crippen LogP contribution >= 0.6 is 0 Å². The van der Waals surface area contributed by atoms with Gasteiger partial charge in [0.1, 0.15) is 22.8 Å². The number of halogens is 2. The molecule has 0 aliphatic heterocycles. The number of sulfonamides is 1. The van der Waals surface area contributed by atoms with Crippen LogP contribution in [0.3, 0.4) is 0 Å². The highest BCUT2D eigenvalue weighted by Gasteiger charge is 2.22. The van der Waals surface area contributed by atoms with Gasteiger partial charge in [-0.15, -0.1) is 0 Å². The zero-order valence-corrected chi connectivity index (χ0v) is 25.2. The lowest BCUT2D eigenvalue weighted by Gasteiger charge is -2.08. The second kappa shape index (κ2) is 11.8. The minimum Gasteiger partial charge on any atom is -0.321 e. The second-order valence-electron chi connectivity index (χ2n) is 10.6. The number of fused-ring (bicyclic) bond motifs is 2. The van der Waals surface area contributed by atoms with Crippen LogP contribution in [-0.2, 0) is 16.6 Å². The molecule has 47 heavy (non-hydrogen) atoms. The van der Waals surface area contributed by atoms with Gasteiger partial charge in [-0.2, -0.15) is 5.10 Å². The van der Waals surface area contributed by atoms with Crippen molar-refractivity contribution in [2.75, 3.05) is 11.6 Å². The number of carbonyl (C=O) groups is 1. The highest BCUT2D eigenvalue weighted by Crippen LogP contribution is 2.35. The fraction of sp³-hybridized carbons (Fsp3) is 0.0625. The number of aromatic amines is 2. The number of benzene rings is 2.